The van der Waals surface area contributed by atoms with E-state index in [-0.39, 0.29) is 11.4 Å². The maximum atomic E-state index is 13.9. The lowest BCUT2D eigenvalue weighted by Crippen LogP contribution is -2.51. The second kappa shape index (κ2) is 6.64. The van der Waals surface area contributed by atoms with Gasteiger partial charge < -0.3 is 5.73 Å². The van der Waals surface area contributed by atoms with Gasteiger partial charge in [-0.25, -0.2) is 9.37 Å². The van der Waals surface area contributed by atoms with Crippen LogP contribution in [0.15, 0.2) is 29.6 Å². The molecule has 1 heterocycles. The lowest BCUT2D eigenvalue weighted by Gasteiger charge is -2.38. The molecule has 0 saturated carbocycles. The highest BCUT2D eigenvalue weighted by Gasteiger charge is 2.29. The minimum absolute atomic E-state index is 0.171. The quantitative estimate of drug-likeness (QED) is 0.892. The van der Waals surface area contributed by atoms with Gasteiger partial charge in [0.25, 0.3) is 0 Å². The fourth-order valence-electron chi connectivity index (χ4n) is 2.33. The predicted octanol–water partition coefficient (Wildman–Crippen LogP) is 2.98. The van der Waals surface area contributed by atoms with E-state index in [0.717, 1.165) is 10.7 Å². The average Bonchev–Trinajstić information content (AvgIpc) is 2.86. The molecule has 1 aromatic heterocycles. The molecule has 1 aromatic carbocycles. The van der Waals surface area contributed by atoms with Crippen LogP contribution in [-0.4, -0.2) is 29.0 Å². The minimum atomic E-state index is -0.306. The van der Waals surface area contributed by atoms with Crippen molar-refractivity contribution in [1.29, 1.82) is 0 Å². The van der Waals surface area contributed by atoms with Crippen molar-refractivity contribution >= 4 is 11.3 Å². The van der Waals surface area contributed by atoms with Crippen molar-refractivity contribution in [1.82, 2.24) is 9.88 Å². The zero-order chi connectivity index (χ0) is 15.5. The molecular formula is C16H22FN3S. The fourth-order valence-corrected chi connectivity index (χ4v) is 2.93. The van der Waals surface area contributed by atoms with E-state index in [1.807, 2.05) is 26.1 Å². The van der Waals surface area contributed by atoms with Crippen molar-refractivity contribution in [2.45, 2.75) is 32.4 Å². The molecule has 0 radical (unpaired) electrons. The van der Waals surface area contributed by atoms with Crippen molar-refractivity contribution in [3.63, 3.8) is 0 Å². The van der Waals surface area contributed by atoms with Crippen LogP contribution in [0.1, 0.15) is 23.2 Å². The van der Waals surface area contributed by atoms with Gasteiger partial charge >= 0.3 is 0 Å². The third kappa shape index (κ3) is 3.87. The van der Waals surface area contributed by atoms with Gasteiger partial charge in [0, 0.05) is 24.0 Å². The van der Waals surface area contributed by atoms with Gasteiger partial charge in [-0.3, -0.25) is 4.90 Å². The molecule has 0 fully saturated rings. The molecule has 5 heteroatoms. The maximum Gasteiger partial charge on any atom is 0.126 e. The lowest BCUT2D eigenvalue weighted by molar-refractivity contribution is 0.133. The third-order valence-electron chi connectivity index (χ3n) is 3.96. The number of thiazole rings is 1. The Morgan fingerprint density at radius 2 is 2.10 bits per heavy atom. The molecule has 114 valence electrons. The van der Waals surface area contributed by atoms with Crippen molar-refractivity contribution in [2.75, 3.05) is 13.6 Å². The zero-order valence-corrected chi connectivity index (χ0v) is 13.6. The number of rotatable bonds is 6. The normalized spacial score (nSPS) is 14.4. The van der Waals surface area contributed by atoms with E-state index in [1.54, 1.807) is 17.4 Å². The number of benzene rings is 1. The minimum Gasteiger partial charge on any atom is -0.329 e. The Morgan fingerprint density at radius 3 is 2.67 bits per heavy atom. The Balaban J connectivity index is 2.14. The van der Waals surface area contributed by atoms with Gasteiger partial charge in [-0.05, 0) is 38.9 Å². The highest BCUT2D eigenvalue weighted by molar-refractivity contribution is 7.09. The zero-order valence-electron chi connectivity index (χ0n) is 12.8. The van der Waals surface area contributed by atoms with Crippen molar-refractivity contribution < 1.29 is 4.39 Å². The maximum absolute atomic E-state index is 13.9. The molecule has 0 spiro atoms. The summed E-state index contributed by atoms with van der Waals surface area (Å²) in [6, 6.07) is 6.89. The number of nitrogens with zero attached hydrogens (tertiary/aromatic N) is 2. The summed E-state index contributed by atoms with van der Waals surface area (Å²) in [4.78, 5) is 6.65. The van der Waals surface area contributed by atoms with E-state index in [0.29, 0.717) is 25.1 Å². The molecule has 0 aliphatic rings. The number of nitrogens with two attached hydrogens (primary N) is 1. The van der Waals surface area contributed by atoms with Gasteiger partial charge in [-0.15, -0.1) is 11.3 Å². The summed E-state index contributed by atoms with van der Waals surface area (Å²) in [6.07, 6.45) is 0.579. The number of likely N-dealkylation sites (N-methyl/N-ethyl adjacent to an activating group) is 1. The standard InChI is InChI=1S/C16H22FN3S/c1-12-19-14(10-21-12)9-20(3)16(2,11-18)8-13-6-4-5-7-15(13)17/h4-7,10H,8-9,11,18H2,1-3H3. The summed E-state index contributed by atoms with van der Waals surface area (Å²) in [5, 5.41) is 3.12. The fraction of sp³-hybridized carbons (Fsp3) is 0.438. The van der Waals surface area contributed by atoms with Gasteiger partial charge in [0.1, 0.15) is 5.82 Å². The first kappa shape index (κ1) is 16.1. The number of halogens is 1. The van der Waals surface area contributed by atoms with Gasteiger partial charge in [0.2, 0.25) is 0 Å². The van der Waals surface area contributed by atoms with E-state index in [2.05, 4.69) is 22.2 Å². The topological polar surface area (TPSA) is 42.2 Å². The van der Waals surface area contributed by atoms with E-state index >= 15 is 0 Å². The molecule has 21 heavy (non-hydrogen) atoms. The smallest absolute Gasteiger partial charge is 0.126 e. The predicted molar refractivity (Wildman–Crippen MR) is 85.9 cm³/mol. The molecule has 0 aliphatic carbocycles. The Bertz CT molecular complexity index is 599. The Labute approximate surface area is 129 Å². The van der Waals surface area contributed by atoms with Gasteiger partial charge in [0.15, 0.2) is 0 Å². The Kier molecular flexibility index (Phi) is 5.08. The van der Waals surface area contributed by atoms with Crippen LogP contribution in [0.25, 0.3) is 0 Å². The second-order valence-electron chi connectivity index (χ2n) is 5.68. The van der Waals surface area contributed by atoms with Gasteiger partial charge in [-0.1, -0.05) is 18.2 Å². The van der Waals surface area contributed by atoms with E-state index in [1.165, 1.54) is 6.07 Å². The summed E-state index contributed by atoms with van der Waals surface area (Å²) >= 11 is 1.64. The van der Waals surface area contributed by atoms with E-state index in [4.69, 9.17) is 5.73 Å². The van der Waals surface area contributed by atoms with Crippen LogP contribution in [0.2, 0.25) is 0 Å². The molecule has 0 saturated heterocycles. The summed E-state index contributed by atoms with van der Waals surface area (Å²) in [6.45, 7) is 5.24. The largest absolute Gasteiger partial charge is 0.329 e. The number of hydrogen-bond donors (Lipinski definition) is 1. The lowest BCUT2D eigenvalue weighted by atomic mass is 9.91. The van der Waals surface area contributed by atoms with E-state index in [9.17, 15) is 4.39 Å². The molecular weight excluding hydrogens is 285 g/mol. The van der Waals surface area contributed by atoms with Crippen molar-refractivity contribution in [3.05, 3.63) is 51.7 Å². The molecule has 3 nitrogen and oxygen atoms in total. The van der Waals surface area contributed by atoms with E-state index < -0.39 is 0 Å². The number of hydrogen-bond acceptors (Lipinski definition) is 4. The average molecular weight is 307 g/mol. The Morgan fingerprint density at radius 1 is 1.38 bits per heavy atom. The number of aryl methyl sites for hydroxylation is 1. The SMILES string of the molecule is Cc1nc(CN(C)C(C)(CN)Cc2ccccc2F)cs1. The number of aromatic nitrogens is 1. The molecule has 1 atom stereocenters. The summed E-state index contributed by atoms with van der Waals surface area (Å²) < 4.78 is 13.9. The molecule has 0 bridgehead atoms. The van der Waals surface area contributed by atoms with Crippen LogP contribution in [0.5, 0.6) is 0 Å². The first-order chi connectivity index (χ1) is 9.94. The highest BCUT2D eigenvalue weighted by atomic mass is 32.1. The first-order valence-corrected chi connectivity index (χ1v) is 7.88. The molecule has 2 N–H and O–H groups in total. The summed E-state index contributed by atoms with van der Waals surface area (Å²) in [5.41, 5.74) is 7.41. The van der Waals surface area contributed by atoms with Crippen molar-refractivity contribution in [3.8, 4) is 0 Å². The monoisotopic (exact) mass is 307 g/mol. The van der Waals surface area contributed by atoms with Crippen molar-refractivity contribution in [2.24, 2.45) is 5.73 Å². The molecule has 0 amide bonds. The third-order valence-corrected chi connectivity index (χ3v) is 4.78. The van der Waals surface area contributed by atoms with Gasteiger partial charge in [0.05, 0.1) is 10.7 Å². The molecule has 2 aromatic rings. The first-order valence-electron chi connectivity index (χ1n) is 7.00. The van der Waals surface area contributed by atoms with Crippen LogP contribution >= 0.6 is 11.3 Å². The van der Waals surface area contributed by atoms with Gasteiger partial charge in [-0.2, -0.15) is 0 Å². The summed E-state index contributed by atoms with van der Waals surface area (Å²) in [5.74, 6) is -0.171. The molecule has 0 aliphatic heterocycles. The summed E-state index contributed by atoms with van der Waals surface area (Å²) in [7, 11) is 2.02. The highest BCUT2D eigenvalue weighted by Crippen LogP contribution is 2.23. The van der Waals surface area contributed by atoms with Crippen LogP contribution in [0.4, 0.5) is 4.39 Å². The van der Waals surface area contributed by atoms with Crippen LogP contribution in [0, 0.1) is 12.7 Å². The molecule has 1 unspecified atom stereocenters. The second-order valence-corrected chi connectivity index (χ2v) is 6.75. The van der Waals surface area contributed by atoms with Crippen LogP contribution in [-0.2, 0) is 13.0 Å². The van der Waals surface area contributed by atoms with Crippen LogP contribution in [0.3, 0.4) is 0 Å². The Hall–Kier alpha value is -1.30. The van der Waals surface area contributed by atoms with Crippen LogP contribution < -0.4 is 5.73 Å². The molecule has 2 rings (SSSR count).